The van der Waals surface area contributed by atoms with E-state index in [-0.39, 0.29) is 13.1 Å². The van der Waals surface area contributed by atoms with Crippen LogP contribution in [0.3, 0.4) is 0 Å². The Morgan fingerprint density at radius 3 is 2.19 bits per heavy atom. The highest BCUT2D eigenvalue weighted by Crippen LogP contribution is 2.23. The number of nitrogens with two attached hydrogens (primary N) is 1. The second-order valence-electron chi connectivity index (χ2n) is 5.14. The van der Waals surface area contributed by atoms with Gasteiger partial charge in [0.15, 0.2) is 0 Å². The summed E-state index contributed by atoms with van der Waals surface area (Å²) >= 11 is 0. The maximum Gasteiger partial charge on any atom is 0.401 e. The lowest BCUT2D eigenvalue weighted by molar-refractivity contribution is -0.151. The maximum absolute atomic E-state index is 12.4. The molecule has 0 aliphatic carbocycles. The van der Waals surface area contributed by atoms with E-state index in [0.717, 1.165) is 5.56 Å². The van der Waals surface area contributed by atoms with E-state index >= 15 is 0 Å². The van der Waals surface area contributed by atoms with E-state index in [2.05, 4.69) is 0 Å². The average molecular weight is 301 g/mol. The van der Waals surface area contributed by atoms with Gasteiger partial charge in [-0.1, -0.05) is 30.3 Å². The van der Waals surface area contributed by atoms with Crippen LogP contribution in [0.15, 0.2) is 30.3 Å². The van der Waals surface area contributed by atoms with Crippen LogP contribution in [0.1, 0.15) is 11.6 Å². The monoisotopic (exact) mass is 301 g/mol. The molecule has 2 N–H and O–H groups in total. The van der Waals surface area contributed by atoms with Crippen molar-refractivity contribution in [2.75, 3.05) is 32.7 Å². The van der Waals surface area contributed by atoms with Crippen molar-refractivity contribution >= 4 is 5.91 Å². The van der Waals surface area contributed by atoms with Gasteiger partial charge >= 0.3 is 6.18 Å². The van der Waals surface area contributed by atoms with E-state index in [9.17, 15) is 18.0 Å². The van der Waals surface area contributed by atoms with Crippen LogP contribution in [-0.2, 0) is 4.79 Å². The van der Waals surface area contributed by atoms with Crippen molar-refractivity contribution in [3.8, 4) is 0 Å². The van der Waals surface area contributed by atoms with Crippen LogP contribution >= 0.6 is 0 Å². The number of piperazine rings is 1. The third-order valence-electron chi connectivity index (χ3n) is 3.56. The molecular weight excluding hydrogens is 283 g/mol. The van der Waals surface area contributed by atoms with E-state index in [1.807, 2.05) is 23.1 Å². The molecule has 1 atom stereocenters. The molecule has 1 saturated heterocycles. The maximum atomic E-state index is 12.4. The van der Waals surface area contributed by atoms with E-state index in [1.54, 1.807) is 12.1 Å². The minimum atomic E-state index is -4.19. The van der Waals surface area contributed by atoms with Gasteiger partial charge in [-0.25, -0.2) is 0 Å². The number of benzene rings is 1. The molecule has 21 heavy (non-hydrogen) atoms. The molecule has 0 saturated carbocycles. The summed E-state index contributed by atoms with van der Waals surface area (Å²) in [5.74, 6) is -0.481. The molecule has 0 aromatic heterocycles. The molecule has 116 valence electrons. The van der Waals surface area contributed by atoms with Crippen LogP contribution in [-0.4, -0.2) is 54.6 Å². The fourth-order valence-corrected chi connectivity index (χ4v) is 2.62. The smallest absolute Gasteiger partial charge is 0.368 e. The first kappa shape index (κ1) is 15.8. The Bertz CT molecular complexity index is 470. The van der Waals surface area contributed by atoms with Crippen LogP contribution in [0, 0.1) is 0 Å². The summed E-state index contributed by atoms with van der Waals surface area (Å²) in [5, 5.41) is 0. The Labute approximate surface area is 121 Å². The van der Waals surface area contributed by atoms with Crippen molar-refractivity contribution < 1.29 is 18.0 Å². The first-order chi connectivity index (χ1) is 9.87. The van der Waals surface area contributed by atoms with Crippen molar-refractivity contribution in [1.29, 1.82) is 0 Å². The summed E-state index contributed by atoms with van der Waals surface area (Å²) in [6, 6.07) is 8.48. The Morgan fingerprint density at radius 2 is 1.71 bits per heavy atom. The molecule has 1 aliphatic heterocycles. The molecule has 4 nitrogen and oxygen atoms in total. The van der Waals surface area contributed by atoms with Gasteiger partial charge in [-0.05, 0) is 5.56 Å². The Hall–Kier alpha value is -1.60. The highest BCUT2D eigenvalue weighted by Gasteiger charge is 2.34. The fraction of sp³-hybridized carbons (Fsp3) is 0.500. The normalized spacial score (nSPS) is 19.4. The summed E-state index contributed by atoms with van der Waals surface area (Å²) in [6.07, 6.45) is -4.19. The highest BCUT2D eigenvalue weighted by molar-refractivity contribution is 5.81. The quantitative estimate of drug-likeness (QED) is 0.914. The van der Waals surface area contributed by atoms with Crippen molar-refractivity contribution in [3.05, 3.63) is 35.9 Å². The minimum Gasteiger partial charge on any atom is -0.368 e. The van der Waals surface area contributed by atoms with Gasteiger partial charge in [-0.15, -0.1) is 0 Å². The Balaban J connectivity index is 2.00. The number of nitrogens with zero attached hydrogens (tertiary/aromatic N) is 2. The molecule has 0 spiro atoms. The van der Waals surface area contributed by atoms with Gasteiger partial charge in [0.05, 0.1) is 6.54 Å². The number of hydrogen-bond donors (Lipinski definition) is 1. The second-order valence-corrected chi connectivity index (χ2v) is 5.14. The van der Waals surface area contributed by atoms with Gasteiger partial charge < -0.3 is 5.73 Å². The van der Waals surface area contributed by atoms with Crippen molar-refractivity contribution in [2.45, 2.75) is 12.2 Å². The standard InChI is InChI=1S/C14H18F3N3O/c15-14(16,17)10-19-6-8-20(9-7-19)12(13(18)21)11-4-2-1-3-5-11/h1-5,12H,6-10H2,(H2,18,21)/t12-/m0/s1. The molecule has 0 bridgehead atoms. The van der Waals surface area contributed by atoms with Crippen LogP contribution < -0.4 is 5.73 Å². The van der Waals surface area contributed by atoms with Gasteiger partial charge in [-0.2, -0.15) is 13.2 Å². The van der Waals surface area contributed by atoms with Crippen LogP contribution in [0.5, 0.6) is 0 Å². The van der Waals surface area contributed by atoms with Gasteiger partial charge in [0.25, 0.3) is 0 Å². The molecule has 0 radical (unpaired) electrons. The molecule has 1 fully saturated rings. The molecule has 7 heteroatoms. The third-order valence-corrected chi connectivity index (χ3v) is 3.56. The Kier molecular flexibility index (Phi) is 4.84. The lowest BCUT2D eigenvalue weighted by Crippen LogP contribution is -2.52. The molecule has 1 amide bonds. The topological polar surface area (TPSA) is 49.6 Å². The van der Waals surface area contributed by atoms with Crippen LogP contribution in [0.25, 0.3) is 0 Å². The second kappa shape index (κ2) is 6.44. The van der Waals surface area contributed by atoms with Crippen molar-refractivity contribution in [3.63, 3.8) is 0 Å². The zero-order valence-electron chi connectivity index (χ0n) is 11.5. The van der Waals surface area contributed by atoms with E-state index in [0.29, 0.717) is 13.1 Å². The summed E-state index contributed by atoms with van der Waals surface area (Å²) < 4.78 is 37.1. The molecule has 0 unspecified atom stereocenters. The number of amides is 1. The Morgan fingerprint density at radius 1 is 1.14 bits per heavy atom. The molecule has 1 aromatic carbocycles. The van der Waals surface area contributed by atoms with E-state index in [4.69, 9.17) is 5.73 Å². The number of carbonyl (C=O) groups excluding carboxylic acids is 1. The fourth-order valence-electron chi connectivity index (χ4n) is 2.62. The first-order valence-corrected chi connectivity index (χ1v) is 6.74. The summed E-state index contributed by atoms with van der Waals surface area (Å²) in [6.45, 7) is 0.414. The van der Waals surface area contributed by atoms with Gasteiger partial charge in [-0.3, -0.25) is 14.6 Å². The van der Waals surface area contributed by atoms with Crippen LogP contribution in [0.4, 0.5) is 13.2 Å². The lowest BCUT2D eigenvalue weighted by Gasteiger charge is -2.38. The van der Waals surface area contributed by atoms with Gasteiger partial charge in [0.1, 0.15) is 6.04 Å². The molecule has 1 heterocycles. The summed E-state index contributed by atoms with van der Waals surface area (Å²) in [5.41, 5.74) is 6.23. The number of halogens is 3. The number of carbonyl (C=O) groups is 1. The number of primary amides is 1. The summed E-state index contributed by atoms with van der Waals surface area (Å²) in [4.78, 5) is 14.9. The SMILES string of the molecule is NC(=O)[C@H](c1ccccc1)N1CCN(CC(F)(F)F)CC1. The van der Waals surface area contributed by atoms with Gasteiger partial charge in [0, 0.05) is 26.2 Å². The first-order valence-electron chi connectivity index (χ1n) is 6.74. The zero-order chi connectivity index (χ0) is 15.5. The van der Waals surface area contributed by atoms with Crippen molar-refractivity contribution in [1.82, 2.24) is 9.80 Å². The largest absolute Gasteiger partial charge is 0.401 e. The van der Waals surface area contributed by atoms with Gasteiger partial charge in [0.2, 0.25) is 5.91 Å². The highest BCUT2D eigenvalue weighted by atomic mass is 19.4. The van der Waals surface area contributed by atoms with E-state index < -0.39 is 24.7 Å². The number of hydrogen-bond acceptors (Lipinski definition) is 3. The number of alkyl halides is 3. The number of rotatable bonds is 4. The predicted molar refractivity (Wildman–Crippen MR) is 72.4 cm³/mol. The zero-order valence-corrected chi connectivity index (χ0v) is 11.5. The van der Waals surface area contributed by atoms with E-state index in [1.165, 1.54) is 4.90 Å². The average Bonchev–Trinajstić information content (AvgIpc) is 2.40. The summed E-state index contributed by atoms with van der Waals surface area (Å²) in [7, 11) is 0. The minimum absolute atomic E-state index is 0.274. The molecular formula is C14H18F3N3O. The van der Waals surface area contributed by atoms with Crippen molar-refractivity contribution in [2.24, 2.45) is 5.73 Å². The molecule has 2 rings (SSSR count). The third kappa shape index (κ3) is 4.44. The van der Waals surface area contributed by atoms with Crippen LogP contribution in [0.2, 0.25) is 0 Å². The molecule has 1 aliphatic rings. The lowest BCUT2D eigenvalue weighted by atomic mass is 10.0. The predicted octanol–water partition coefficient (Wildman–Crippen LogP) is 1.39. The molecule has 1 aromatic rings.